The summed E-state index contributed by atoms with van der Waals surface area (Å²) in [6.45, 7) is 4.99. The minimum atomic E-state index is 0.0219. The predicted molar refractivity (Wildman–Crippen MR) is 95.5 cm³/mol. The van der Waals surface area contributed by atoms with Crippen molar-refractivity contribution in [2.24, 2.45) is 0 Å². The van der Waals surface area contributed by atoms with Crippen molar-refractivity contribution in [1.29, 1.82) is 0 Å². The first-order valence-corrected chi connectivity index (χ1v) is 8.87. The van der Waals surface area contributed by atoms with E-state index in [1.54, 1.807) is 18.6 Å². The van der Waals surface area contributed by atoms with E-state index in [0.717, 1.165) is 42.8 Å². The molecule has 0 aromatic carbocycles. The second-order valence-corrected chi connectivity index (χ2v) is 6.98. The number of likely N-dealkylation sites (tertiary alicyclic amines) is 1. The Hall–Kier alpha value is -3.03. The standard InChI is InChI=1S/C18H19N7O/c1-2-19-17(26)24-10-18(11-24)3-6-25-15(18)8-13(23-25)12-7-14-16(22-9-12)21-5-4-20-14/h4-5,7-9H,2-3,6,10-11H2,1H3,(H,19,26). The Balaban J connectivity index is 1.44. The highest BCUT2D eigenvalue weighted by Crippen LogP contribution is 2.43. The molecule has 1 saturated heterocycles. The monoisotopic (exact) mass is 349 g/mol. The van der Waals surface area contributed by atoms with Crippen LogP contribution in [0.4, 0.5) is 4.79 Å². The van der Waals surface area contributed by atoms with Crippen molar-refractivity contribution in [3.63, 3.8) is 0 Å². The molecule has 26 heavy (non-hydrogen) atoms. The van der Waals surface area contributed by atoms with Gasteiger partial charge in [-0.25, -0.2) is 14.8 Å². The third kappa shape index (κ3) is 2.18. The average molecular weight is 349 g/mol. The summed E-state index contributed by atoms with van der Waals surface area (Å²) >= 11 is 0. The lowest BCUT2D eigenvalue weighted by Crippen LogP contribution is -2.62. The van der Waals surface area contributed by atoms with E-state index in [1.165, 1.54) is 5.69 Å². The number of carbonyl (C=O) groups is 1. The van der Waals surface area contributed by atoms with Gasteiger partial charge in [-0.1, -0.05) is 0 Å². The van der Waals surface area contributed by atoms with Gasteiger partial charge in [-0.15, -0.1) is 0 Å². The van der Waals surface area contributed by atoms with Crippen LogP contribution < -0.4 is 5.32 Å². The Kier molecular flexibility index (Phi) is 3.22. The van der Waals surface area contributed by atoms with Crippen LogP contribution >= 0.6 is 0 Å². The molecule has 8 nitrogen and oxygen atoms in total. The summed E-state index contributed by atoms with van der Waals surface area (Å²) in [6, 6.07) is 4.14. The second-order valence-electron chi connectivity index (χ2n) is 6.98. The van der Waals surface area contributed by atoms with E-state index in [-0.39, 0.29) is 11.4 Å². The molecular weight excluding hydrogens is 330 g/mol. The van der Waals surface area contributed by atoms with Gasteiger partial charge in [0.05, 0.1) is 5.69 Å². The number of hydrogen-bond acceptors (Lipinski definition) is 5. The fraction of sp³-hybridized carbons (Fsp3) is 0.389. The van der Waals surface area contributed by atoms with Crippen molar-refractivity contribution in [2.75, 3.05) is 19.6 Å². The maximum atomic E-state index is 12.0. The van der Waals surface area contributed by atoms with Crippen molar-refractivity contribution in [3.05, 3.63) is 36.4 Å². The molecule has 0 unspecified atom stereocenters. The smallest absolute Gasteiger partial charge is 0.317 e. The molecule has 132 valence electrons. The summed E-state index contributed by atoms with van der Waals surface area (Å²) in [7, 11) is 0. The minimum Gasteiger partial charge on any atom is -0.338 e. The van der Waals surface area contributed by atoms with Gasteiger partial charge in [0.2, 0.25) is 0 Å². The van der Waals surface area contributed by atoms with Crippen LogP contribution in [0.2, 0.25) is 0 Å². The molecule has 0 saturated carbocycles. The number of amides is 2. The lowest BCUT2D eigenvalue weighted by molar-refractivity contribution is 0.0925. The SMILES string of the molecule is CCNC(=O)N1CC2(CCn3nc(-c4cnc5nccnc5c4)cc32)C1. The molecule has 3 aromatic heterocycles. The molecule has 2 aliphatic heterocycles. The first kappa shape index (κ1) is 15.2. The summed E-state index contributed by atoms with van der Waals surface area (Å²) in [5.74, 6) is 0. The Morgan fingerprint density at radius 3 is 2.92 bits per heavy atom. The van der Waals surface area contributed by atoms with Gasteiger partial charge < -0.3 is 10.2 Å². The third-order valence-electron chi connectivity index (χ3n) is 5.35. The molecule has 5 heterocycles. The Morgan fingerprint density at radius 2 is 2.08 bits per heavy atom. The second kappa shape index (κ2) is 5.48. The Morgan fingerprint density at radius 1 is 1.23 bits per heavy atom. The zero-order valence-corrected chi connectivity index (χ0v) is 14.5. The van der Waals surface area contributed by atoms with Crippen molar-refractivity contribution < 1.29 is 4.79 Å². The summed E-state index contributed by atoms with van der Waals surface area (Å²) in [5, 5.41) is 7.63. The van der Waals surface area contributed by atoms with Gasteiger partial charge in [-0.3, -0.25) is 9.67 Å². The van der Waals surface area contributed by atoms with E-state index in [4.69, 9.17) is 5.10 Å². The maximum absolute atomic E-state index is 12.0. The zero-order valence-electron chi connectivity index (χ0n) is 14.5. The fourth-order valence-corrected chi connectivity index (χ4v) is 4.01. The number of aromatic nitrogens is 5. The minimum absolute atomic E-state index is 0.0219. The molecule has 0 bridgehead atoms. The lowest BCUT2D eigenvalue weighted by atomic mass is 9.76. The molecule has 0 atom stereocenters. The van der Waals surface area contributed by atoms with Crippen LogP contribution in [0.1, 0.15) is 19.0 Å². The summed E-state index contributed by atoms with van der Waals surface area (Å²) in [4.78, 5) is 26.8. The van der Waals surface area contributed by atoms with E-state index in [0.29, 0.717) is 12.2 Å². The molecule has 2 aliphatic rings. The van der Waals surface area contributed by atoms with Gasteiger partial charge in [0.25, 0.3) is 0 Å². The van der Waals surface area contributed by atoms with Crippen molar-refractivity contribution in [3.8, 4) is 11.3 Å². The predicted octanol–water partition coefficient (Wildman–Crippen LogP) is 1.57. The van der Waals surface area contributed by atoms with Crippen LogP contribution in [0, 0.1) is 0 Å². The number of rotatable bonds is 2. The van der Waals surface area contributed by atoms with Gasteiger partial charge in [-0.05, 0) is 25.5 Å². The first-order chi connectivity index (χ1) is 12.7. The lowest BCUT2D eigenvalue weighted by Gasteiger charge is -2.47. The van der Waals surface area contributed by atoms with Crippen LogP contribution in [0.25, 0.3) is 22.4 Å². The van der Waals surface area contributed by atoms with E-state index in [9.17, 15) is 4.79 Å². The summed E-state index contributed by atoms with van der Waals surface area (Å²) < 4.78 is 2.07. The highest BCUT2D eigenvalue weighted by Gasteiger charge is 2.51. The topological polar surface area (TPSA) is 88.8 Å². The molecule has 2 amide bonds. The summed E-state index contributed by atoms with van der Waals surface area (Å²) in [5.41, 5.74) is 4.49. The van der Waals surface area contributed by atoms with Crippen LogP contribution in [-0.4, -0.2) is 55.3 Å². The molecular formula is C18H19N7O. The van der Waals surface area contributed by atoms with Crippen LogP contribution in [0.3, 0.4) is 0 Å². The number of urea groups is 1. The quantitative estimate of drug-likeness (QED) is 0.759. The van der Waals surface area contributed by atoms with Crippen molar-refractivity contribution in [1.82, 2.24) is 34.9 Å². The number of nitrogens with one attached hydrogen (secondary N) is 1. The first-order valence-electron chi connectivity index (χ1n) is 8.87. The van der Waals surface area contributed by atoms with Crippen molar-refractivity contribution >= 4 is 17.2 Å². The van der Waals surface area contributed by atoms with E-state index in [2.05, 4.69) is 31.0 Å². The van der Waals surface area contributed by atoms with Gasteiger partial charge in [0.1, 0.15) is 5.52 Å². The number of pyridine rings is 1. The number of fused-ring (bicyclic) bond motifs is 3. The third-order valence-corrected chi connectivity index (χ3v) is 5.35. The molecule has 8 heteroatoms. The highest BCUT2D eigenvalue weighted by molar-refractivity contribution is 5.77. The van der Waals surface area contributed by atoms with Gasteiger partial charge in [-0.2, -0.15) is 5.10 Å². The van der Waals surface area contributed by atoms with E-state index < -0.39 is 0 Å². The molecule has 1 spiro atoms. The fourth-order valence-electron chi connectivity index (χ4n) is 4.01. The van der Waals surface area contributed by atoms with Crippen LogP contribution in [-0.2, 0) is 12.0 Å². The van der Waals surface area contributed by atoms with E-state index >= 15 is 0 Å². The number of carbonyl (C=O) groups excluding carboxylic acids is 1. The molecule has 5 rings (SSSR count). The number of hydrogen-bond donors (Lipinski definition) is 1. The largest absolute Gasteiger partial charge is 0.338 e. The van der Waals surface area contributed by atoms with Crippen molar-refractivity contribution in [2.45, 2.75) is 25.3 Å². The Bertz CT molecular complexity index is 1010. The van der Waals surface area contributed by atoms with Crippen LogP contribution in [0.15, 0.2) is 30.7 Å². The summed E-state index contributed by atoms with van der Waals surface area (Å²) in [6.07, 6.45) is 6.14. The van der Waals surface area contributed by atoms with Crippen LogP contribution in [0.5, 0.6) is 0 Å². The average Bonchev–Trinajstić information content (AvgIpc) is 3.19. The van der Waals surface area contributed by atoms with Gasteiger partial charge in [0, 0.05) is 61.4 Å². The molecule has 3 aromatic rings. The van der Waals surface area contributed by atoms with E-state index in [1.807, 2.05) is 17.9 Å². The molecule has 1 N–H and O–H groups in total. The molecule has 1 fully saturated rings. The highest BCUT2D eigenvalue weighted by atomic mass is 16.2. The van der Waals surface area contributed by atoms with Gasteiger partial charge >= 0.3 is 6.03 Å². The normalized spacial score (nSPS) is 17.3. The van der Waals surface area contributed by atoms with Gasteiger partial charge in [0.15, 0.2) is 5.65 Å². The molecule has 0 aliphatic carbocycles. The molecule has 0 radical (unpaired) electrons. The number of aryl methyl sites for hydroxylation is 1. The zero-order chi connectivity index (χ0) is 17.7. The maximum Gasteiger partial charge on any atom is 0.317 e. The Labute approximate surface area is 150 Å². The number of nitrogens with zero attached hydrogens (tertiary/aromatic N) is 6.